The zero-order valence-electron chi connectivity index (χ0n) is 10.0. The molecule has 0 bridgehead atoms. The van der Waals surface area contributed by atoms with Crippen LogP contribution < -0.4 is 0 Å². The molecular weight excluding hydrogens is 236 g/mol. The molecule has 1 aliphatic heterocycles. The number of rotatable bonds is 5. The topological polar surface area (TPSA) is 88.3 Å². The molecule has 0 aromatic carbocycles. The van der Waals surface area contributed by atoms with Gasteiger partial charge in [0.2, 0.25) is 5.91 Å². The van der Waals surface area contributed by atoms with Crippen molar-refractivity contribution in [1.82, 2.24) is 19.7 Å². The van der Waals surface area contributed by atoms with E-state index in [1.807, 2.05) is 0 Å². The number of likely N-dealkylation sites (tertiary alicyclic amines) is 1. The van der Waals surface area contributed by atoms with Gasteiger partial charge in [0, 0.05) is 19.5 Å². The van der Waals surface area contributed by atoms with E-state index in [-0.39, 0.29) is 5.91 Å². The molecule has 2 heterocycles. The lowest BCUT2D eigenvalue weighted by atomic mass is 10.2. The van der Waals surface area contributed by atoms with E-state index in [1.54, 1.807) is 11.0 Å². The molecule has 1 aliphatic rings. The zero-order valence-corrected chi connectivity index (χ0v) is 10.0. The van der Waals surface area contributed by atoms with Crippen LogP contribution in [0.2, 0.25) is 0 Å². The number of aliphatic carboxylic acids is 1. The molecule has 98 valence electrons. The van der Waals surface area contributed by atoms with Crippen LogP contribution in [0, 0.1) is 0 Å². The summed E-state index contributed by atoms with van der Waals surface area (Å²) in [7, 11) is 0. The molecule has 7 nitrogen and oxygen atoms in total. The maximum atomic E-state index is 11.9. The predicted octanol–water partition coefficient (Wildman–Crippen LogP) is 0.134. The Balaban J connectivity index is 1.79. The molecule has 1 fully saturated rings. The van der Waals surface area contributed by atoms with Crippen molar-refractivity contribution in [3.8, 4) is 0 Å². The van der Waals surface area contributed by atoms with Gasteiger partial charge in [-0.2, -0.15) is 5.10 Å². The molecule has 1 aromatic heterocycles. The van der Waals surface area contributed by atoms with Crippen molar-refractivity contribution >= 4 is 11.9 Å². The Morgan fingerprint density at radius 1 is 1.44 bits per heavy atom. The summed E-state index contributed by atoms with van der Waals surface area (Å²) in [5, 5.41) is 12.9. The number of carbonyl (C=O) groups is 2. The van der Waals surface area contributed by atoms with Crippen molar-refractivity contribution in [1.29, 1.82) is 0 Å². The highest BCUT2D eigenvalue weighted by Crippen LogP contribution is 2.18. The molecule has 18 heavy (non-hydrogen) atoms. The fourth-order valence-electron chi connectivity index (χ4n) is 2.21. The van der Waals surface area contributed by atoms with Crippen molar-refractivity contribution in [3.05, 3.63) is 12.7 Å². The van der Waals surface area contributed by atoms with Gasteiger partial charge < -0.3 is 10.0 Å². The van der Waals surface area contributed by atoms with Crippen LogP contribution in [-0.2, 0) is 16.1 Å². The highest BCUT2D eigenvalue weighted by Gasteiger charge is 2.33. The minimum absolute atomic E-state index is 0.0833. The third-order valence-electron chi connectivity index (χ3n) is 3.10. The first-order chi connectivity index (χ1) is 8.68. The molecule has 1 aromatic rings. The van der Waals surface area contributed by atoms with E-state index in [4.69, 9.17) is 5.11 Å². The van der Waals surface area contributed by atoms with Crippen molar-refractivity contribution in [2.24, 2.45) is 0 Å². The molecule has 0 aliphatic carbocycles. The monoisotopic (exact) mass is 252 g/mol. The SMILES string of the molecule is O=C(O)C1CCCN1C(=O)CCCn1cncn1. The summed E-state index contributed by atoms with van der Waals surface area (Å²) in [4.78, 5) is 28.2. The number of aryl methyl sites for hydroxylation is 1. The Kier molecular flexibility index (Phi) is 3.91. The summed E-state index contributed by atoms with van der Waals surface area (Å²) in [6, 6.07) is -0.635. The van der Waals surface area contributed by atoms with Crippen LogP contribution >= 0.6 is 0 Å². The summed E-state index contributed by atoms with van der Waals surface area (Å²) in [6.45, 7) is 1.18. The molecule has 1 N–H and O–H groups in total. The summed E-state index contributed by atoms with van der Waals surface area (Å²) >= 11 is 0. The summed E-state index contributed by atoms with van der Waals surface area (Å²) in [6.07, 6.45) is 5.37. The van der Waals surface area contributed by atoms with Crippen LogP contribution in [0.3, 0.4) is 0 Å². The van der Waals surface area contributed by atoms with E-state index >= 15 is 0 Å². The van der Waals surface area contributed by atoms with E-state index < -0.39 is 12.0 Å². The van der Waals surface area contributed by atoms with Crippen LogP contribution in [0.5, 0.6) is 0 Å². The molecular formula is C11H16N4O3. The minimum atomic E-state index is -0.905. The number of carboxylic acids is 1. The first-order valence-electron chi connectivity index (χ1n) is 6.03. The second-order valence-corrected chi connectivity index (χ2v) is 4.35. The number of aromatic nitrogens is 3. The second-order valence-electron chi connectivity index (χ2n) is 4.35. The Morgan fingerprint density at radius 3 is 2.94 bits per heavy atom. The first kappa shape index (κ1) is 12.5. The standard InChI is InChI=1S/C11H16N4O3/c16-10(4-2-5-14-8-12-7-13-14)15-6-1-3-9(15)11(17)18/h7-9H,1-6H2,(H,17,18). The third kappa shape index (κ3) is 2.85. The van der Waals surface area contributed by atoms with Crippen LogP contribution in [0.15, 0.2) is 12.7 Å². The van der Waals surface area contributed by atoms with Gasteiger partial charge in [-0.1, -0.05) is 0 Å². The molecule has 7 heteroatoms. The van der Waals surface area contributed by atoms with Gasteiger partial charge in [0.25, 0.3) is 0 Å². The van der Waals surface area contributed by atoms with E-state index in [9.17, 15) is 9.59 Å². The van der Waals surface area contributed by atoms with Gasteiger partial charge in [-0.05, 0) is 19.3 Å². The van der Waals surface area contributed by atoms with Crippen LogP contribution in [0.1, 0.15) is 25.7 Å². The summed E-state index contributed by atoms with van der Waals surface area (Å²) < 4.78 is 1.66. The lowest BCUT2D eigenvalue weighted by Crippen LogP contribution is -2.40. The number of amides is 1. The third-order valence-corrected chi connectivity index (χ3v) is 3.10. The number of hydrogen-bond acceptors (Lipinski definition) is 4. The van der Waals surface area contributed by atoms with Crippen molar-refractivity contribution < 1.29 is 14.7 Å². The molecule has 0 saturated carbocycles. The maximum absolute atomic E-state index is 11.9. The lowest BCUT2D eigenvalue weighted by molar-refractivity contribution is -0.148. The Hall–Kier alpha value is -1.92. The Labute approximate surface area is 104 Å². The van der Waals surface area contributed by atoms with Gasteiger partial charge in [-0.15, -0.1) is 0 Å². The van der Waals surface area contributed by atoms with E-state index in [0.29, 0.717) is 32.4 Å². The van der Waals surface area contributed by atoms with E-state index in [1.165, 1.54) is 11.2 Å². The Bertz CT molecular complexity index is 418. The van der Waals surface area contributed by atoms with Crippen LogP contribution in [0.25, 0.3) is 0 Å². The van der Waals surface area contributed by atoms with E-state index in [2.05, 4.69) is 10.1 Å². The quantitative estimate of drug-likeness (QED) is 0.805. The molecule has 1 saturated heterocycles. The molecule has 0 spiro atoms. The number of carbonyl (C=O) groups excluding carboxylic acids is 1. The smallest absolute Gasteiger partial charge is 0.326 e. The van der Waals surface area contributed by atoms with Crippen molar-refractivity contribution in [3.63, 3.8) is 0 Å². The maximum Gasteiger partial charge on any atom is 0.326 e. The second kappa shape index (κ2) is 5.61. The van der Waals surface area contributed by atoms with Gasteiger partial charge in [0.05, 0.1) is 0 Å². The fourth-order valence-corrected chi connectivity index (χ4v) is 2.21. The zero-order chi connectivity index (χ0) is 13.0. The highest BCUT2D eigenvalue weighted by atomic mass is 16.4. The predicted molar refractivity (Wildman–Crippen MR) is 61.6 cm³/mol. The van der Waals surface area contributed by atoms with E-state index in [0.717, 1.165) is 6.42 Å². The molecule has 1 unspecified atom stereocenters. The highest BCUT2D eigenvalue weighted by molar-refractivity contribution is 5.84. The number of carboxylic acid groups (broad SMARTS) is 1. The Morgan fingerprint density at radius 2 is 2.28 bits per heavy atom. The first-order valence-corrected chi connectivity index (χ1v) is 6.03. The molecule has 1 amide bonds. The van der Waals surface area contributed by atoms with Gasteiger partial charge in [0.1, 0.15) is 18.7 Å². The molecule has 2 rings (SSSR count). The minimum Gasteiger partial charge on any atom is -0.480 e. The van der Waals surface area contributed by atoms with Crippen LogP contribution in [0.4, 0.5) is 0 Å². The fraction of sp³-hybridized carbons (Fsp3) is 0.636. The van der Waals surface area contributed by atoms with Gasteiger partial charge in [-0.3, -0.25) is 9.48 Å². The lowest BCUT2D eigenvalue weighted by Gasteiger charge is -2.21. The van der Waals surface area contributed by atoms with Gasteiger partial charge in [0.15, 0.2) is 0 Å². The van der Waals surface area contributed by atoms with Crippen molar-refractivity contribution in [2.45, 2.75) is 38.3 Å². The average molecular weight is 252 g/mol. The van der Waals surface area contributed by atoms with Crippen molar-refractivity contribution in [2.75, 3.05) is 6.54 Å². The normalized spacial score (nSPS) is 19.1. The number of nitrogens with zero attached hydrogens (tertiary/aromatic N) is 4. The van der Waals surface area contributed by atoms with Gasteiger partial charge in [-0.25, -0.2) is 9.78 Å². The van der Waals surface area contributed by atoms with Crippen LogP contribution in [-0.4, -0.2) is 49.2 Å². The van der Waals surface area contributed by atoms with Gasteiger partial charge >= 0.3 is 5.97 Å². The summed E-state index contributed by atoms with van der Waals surface area (Å²) in [5.41, 5.74) is 0. The molecule has 1 atom stereocenters. The summed E-state index contributed by atoms with van der Waals surface area (Å²) in [5.74, 6) is -0.989. The largest absolute Gasteiger partial charge is 0.480 e. The molecule has 0 radical (unpaired) electrons. The average Bonchev–Trinajstić information content (AvgIpc) is 2.99. The number of hydrogen-bond donors (Lipinski definition) is 1.